The topological polar surface area (TPSA) is 103 Å². The number of aromatic nitrogens is 6. The molecular weight excluding hydrogens is 418 g/mol. The molecule has 1 aliphatic heterocycles. The lowest BCUT2D eigenvalue weighted by atomic mass is 9.90. The van der Waals surface area contributed by atoms with Gasteiger partial charge in [0.1, 0.15) is 0 Å². The normalized spacial score (nSPS) is 18.1. The molecule has 1 aliphatic rings. The van der Waals surface area contributed by atoms with E-state index in [0.717, 1.165) is 22.5 Å². The van der Waals surface area contributed by atoms with Crippen molar-refractivity contribution < 1.29 is 9.32 Å². The average Bonchev–Trinajstić information content (AvgIpc) is 3.57. The zero-order chi connectivity index (χ0) is 22.8. The zero-order valence-corrected chi connectivity index (χ0v) is 18.6. The number of carbonyl (C=O) groups excluding carboxylic acids is 1. The van der Waals surface area contributed by atoms with Gasteiger partial charge in [-0.25, -0.2) is 0 Å². The number of likely N-dealkylation sites (tertiary alicyclic amines) is 1. The summed E-state index contributed by atoms with van der Waals surface area (Å²) in [5.74, 6) is 1.07. The molecule has 0 bridgehead atoms. The highest BCUT2D eigenvalue weighted by Gasteiger charge is 2.40. The molecule has 0 aliphatic carbocycles. The van der Waals surface area contributed by atoms with Gasteiger partial charge in [0.15, 0.2) is 0 Å². The summed E-state index contributed by atoms with van der Waals surface area (Å²) in [4.78, 5) is 28.0. The first-order valence-electron chi connectivity index (χ1n) is 11.0. The molecule has 9 nitrogen and oxygen atoms in total. The lowest BCUT2D eigenvalue weighted by molar-refractivity contribution is -0.130. The van der Waals surface area contributed by atoms with Gasteiger partial charge in [0.2, 0.25) is 17.6 Å². The van der Waals surface area contributed by atoms with E-state index in [2.05, 4.69) is 25.2 Å². The molecule has 5 rings (SSSR count). The largest absolute Gasteiger partial charge is 0.341 e. The summed E-state index contributed by atoms with van der Waals surface area (Å²) in [7, 11) is 0. The van der Waals surface area contributed by atoms with E-state index in [4.69, 9.17) is 4.52 Å². The maximum absolute atomic E-state index is 13.1. The number of carbonyl (C=O) groups is 1. The number of amides is 1. The molecule has 0 aromatic carbocycles. The Balaban J connectivity index is 1.36. The van der Waals surface area contributed by atoms with E-state index in [0.29, 0.717) is 37.8 Å². The van der Waals surface area contributed by atoms with Crippen molar-refractivity contribution in [1.29, 1.82) is 0 Å². The highest BCUT2D eigenvalue weighted by molar-refractivity contribution is 5.76. The number of hydrogen-bond acceptors (Lipinski definition) is 7. The van der Waals surface area contributed by atoms with Gasteiger partial charge >= 0.3 is 0 Å². The number of rotatable bonds is 6. The summed E-state index contributed by atoms with van der Waals surface area (Å²) in [6.07, 6.45) is 7.38. The Labute approximate surface area is 191 Å². The second-order valence-electron chi connectivity index (χ2n) is 8.39. The third-order valence-corrected chi connectivity index (χ3v) is 6.12. The highest BCUT2D eigenvalue weighted by Crippen LogP contribution is 2.39. The fourth-order valence-corrected chi connectivity index (χ4v) is 4.46. The van der Waals surface area contributed by atoms with E-state index in [-0.39, 0.29) is 17.7 Å². The predicted octanol–water partition coefficient (Wildman–Crippen LogP) is 3.14. The van der Waals surface area contributed by atoms with Crippen LogP contribution in [0.25, 0.3) is 11.4 Å². The number of hydrogen-bond donors (Lipinski definition) is 0. The maximum atomic E-state index is 13.1. The lowest BCUT2D eigenvalue weighted by Crippen LogP contribution is -2.29. The molecule has 4 aromatic rings. The molecule has 0 spiro atoms. The Morgan fingerprint density at radius 2 is 1.91 bits per heavy atom. The summed E-state index contributed by atoms with van der Waals surface area (Å²) >= 11 is 0. The molecule has 0 radical (unpaired) electrons. The number of aryl methyl sites for hydroxylation is 3. The van der Waals surface area contributed by atoms with Crippen LogP contribution in [0.15, 0.2) is 59.6 Å². The summed E-state index contributed by atoms with van der Waals surface area (Å²) in [6.45, 7) is 5.63. The van der Waals surface area contributed by atoms with Crippen LogP contribution in [-0.4, -0.2) is 53.8 Å². The van der Waals surface area contributed by atoms with Crippen molar-refractivity contribution in [2.45, 2.75) is 38.6 Å². The summed E-state index contributed by atoms with van der Waals surface area (Å²) in [5.41, 5.74) is 3.91. The molecule has 168 valence electrons. The van der Waals surface area contributed by atoms with Crippen LogP contribution in [-0.2, 0) is 11.3 Å². The van der Waals surface area contributed by atoms with Gasteiger partial charge in [-0.05, 0) is 43.7 Å². The Bertz CT molecular complexity index is 1240. The van der Waals surface area contributed by atoms with Crippen molar-refractivity contribution in [3.05, 3.63) is 78.0 Å². The quantitative estimate of drug-likeness (QED) is 0.451. The van der Waals surface area contributed by atoms with Gasteiger partial charge in [0.25, 0.3) is 0 Å². The molecule has 0 saturated carbocycles. The first-order valence-corrected chi connectivity index (χ1v) is 11.0. The monoisotopic (exact) mass is 443 g/mol. The van der Waals surface area contributed by atoms with E-state index in [9.17, 15) is 4.79 Å². The number of nitrogens with zero attached hydrogens (tertiary/aromatic N) is 7. The Morgan fingerprint density at radius 3 is 2.64 bits per heavy atom. The summed E-state index contributed by atoms with van der Waals surface area (Å²) in [5, 5.41) is 8.64. The molecule has 0 unspecified atom stereocenters. The van der Waals surface area contributed by atoms with E-state index in [1.807, 2.05) is 60.0 Å². The van der Waals surface area contributed by atoms with Crippen LogP contribution in [0.2, 0.25) is 0 Å². The zero-order valence-electron chi connectivity index (χ0n) is 18.6. The van der Waals surface area contributed by atoms with Gasteiger partial charge in [-0.15, -0.1) is 0 Å². The molecular formula is C24H25N7O2. The van der Waals surface area contributed by atoms with Crippen molar-refractivity contribution in [3.63, 3.8) is 0 Å². The molecule has 4 aromatic heterocycles. The fourth-order valence-electron chi connectivity index (χ4n) is 4.46. The molecule has 1 saturated heterocycles. The van der Waals surface area contributed by atoms with Gasteiger partial charge < -0.3 is 9.42 Å². The second kappa shape index (κ2) is 8.93. The van der Waals surface area contributed by atoms with Gasteiger partial charge in [-0.1, -0.05) is 11.2 Å². The Kier molecular flexibility index (Phi) is 5.68. The van der Waals surface area contributed by atoms with Crippen molar-refractivity contribution >= 4 is 5.91 Å². The standard InChI is InChI=1S/C24H25N7O2/c1-16-12-17(2)31(28-16)11-7-22(32)30-14-20(19-4-3-8-26-13-19)21(15-30)24-27-23(29-33-24)18-5-9-25-10-6-18/h3-6,8-10,12-13,20-21H,7,11,14-15H2,1-2H3/t20-,21+/m0/s1. The van der Waals surface area contributed by atoms with Crippen LogP contribution in [0.4, 0.5) is 0 Å². The predicted molar refractivity (Wildman–Crippen MR) is 120 cm³/mol. The lowest BCUT2D eigenvalue weighted by Gasteiger charge is -2.16. The van der Waals surface area contributed by atoms with Crippen LogP contribution in [0.3, 0.4) is 0 Å². The van der Waals surface area contributed by atoms with E-state index < -0.39 is 0 Å². The van der Waals surface area contributed by atoms with Crippen molar-refractivity contribution in [2.24, 2.45) is 0 Å². The van der Waals surface area contributed by atoms with Gasteiger partial charge in [0, 0.05) is 68.0 Å². The molecule has 33 heavy (non-hydrogen) atoms. The summed E-state index contributed by atoms with van der Waals surface area (Å²) in [6, 6.07) is 9.66. The molecule has 1 amide bonds. The highest BCUT2D eigenvalue weighted by atomic mass is 16.5. The molecule has 9 heteroatoms. The second-order valence-corrected chi connectivity index (χ2v) is 8.39. The fraction of sp³-hybridized carbons (Fsp3) is 0.333. The maximum Gasteiger partial charge on any atom is 0.232 e. The van der Waals surface area contributed by atoms with Crippen LogP contribution in [0.5, 0.6) is 0 Å². The number of pyridine rings is 2. The minimum Gasteiger partial charge on any atom is -0.341 e. The van der Waals surface area contributed by atoms with Crippen molar-refractivity contribution in [1.82, 2.24) is 34.8 Å². The van der Waals surface area contributed by atoms with E-state index in [1.165, 1.54) is 0 Å². The van der Waals surface area contributed by atoms with E-state index in [1.54, 1.807) is 18.6 Å². The smallest absolute Gasteiger partial charge is 0.232 e. The SMILES string of the molecule is Cc1cc(C)n(CCC(=O)N2C[C@@H](c3cccnc3)[C@H](c3nc(-c4ccncc4)no3)C2)n1. The third-order valence-electron chi connectivity index (χ3n) is 6.12. The minimum absolute atomic E-state index is 0.0297. The molecule has 5 heterocycles. The van der Waals surface area contributed by atoms with Crippen LogP contribution >= 0.6 is 0 Å². The van der Waals surface area contributed by atoms with E-state index >= 15 is 0 Å². The van der Waals surface area contributed by atoms with Crippen molar-refractivity contribution in [2.75, 3.05) is 13.1 Å². The van der Waals surface area contributed by atoms with Gasteiger partial charge in [0.05, 0.1) is 11.6 Å². The van der Waals surface area contributed by atoms with Crippen LogP contribution < -0.4 is 0 Å². The third kappa shape index (κ3) is 4.39. The van der Waals surface area contributed by atoms with Gasteiger partial charge in [-0.3, -0.25) is 19.4 Å². The Morgan fingerprint density at radius 1 is 1.09 bits per heavy atom. The summed E-state index contributed by atoms with van der Waals surface area (Å²) < 4.78 is 7.56. The van der Waals surface area contributed by atoms with Crippen LogP contribution in [0.1, 0.15) is 41.1 Å². The first kappa shape index (κ1) is 21.0. The molecule has 2 atom stereocenters. The average molecular weight is 444 g/mol. The van der Waals surface area contributed by atoms with Gasteiger partial charge in [-0.2, -0.15) is 10.1 Å². The Hall–Kier alpha value is -3.88. The minimum atomic E-state index is -0.102. The van der Waals surface area contributed by atoms with Crippen molar-refractivity contribution in [3.8, 4) is 11.4 Å². The molecule has 1 fully saturated rings. The molecule has 0 N–H and O–H groups in total. The first-order chi connectivity index (χ1) is 16.1. The van der Waals surface area contributed by atoms with Crippen LogP contribution in [0, 0.1) is 13.8 Å².